The van der Waals surface area contributed by atoms with Crippen LogP contribution in [0.5, 0.6) is 0 Å². The van der Waals surface area contributed by atoms with Gasteiger partial charge < -0.3 is 5.32 Å². The Morgan fingerprint density at radius 2 is 1.95 bits per heavy atom. The quantitative estimate of drug-likeness (QED) is 0.779. The molecule has 3 aromatic rings. The fourth-order valence-corrected chi connectivity index (χ4v) is 2.34. The van der Waals surface area contributed by atoms with Crippen LogP contribution in [0.25, 0.3) is 5.69 Å². The summed E-state index contributed by atoms with van der Waals surface area (Å²) in [5, 5.41) is 7.89. The molecule has 0 amide bonds. The predicted octanol–water partition coefficient (Wildman–Crippen LogP) is 2.36. The minimum atomic E-state index is -0.0357. The van der Waals surface area contributed by atoms with E-state index in [-0.39, 0.29) is 6.04 Å². The smallest absolute Gasteiger partial charge is 0.0942 e. The van der Waals surface area contributed by atoms with Crippen LogP contribution >= 0.6 is 0 Å². The Hall–Kier alpha value is -2.53. The molecule has 0 aliphatic heterocycles. The van der Waals surface area contributed by atoms with Gasteiger partial charge in [-0.15, -0.1) is 0 Å². The molecule has 0 saturated heterocycles. The van der Waals surface area contributed by atoms with Crippen molar-refractivity contribution in [2.75, 3.05) is 6.54 Å². The van der Waals surface area contributed by atoms with Gasteiger partial charge in [0.1, 0.15) is 0 Å². The molecule has 5 heteroatoms. The molecule has 0 fully saturated rings. The molecule has 106 valence electrons. The molecule has 2 aromatic heterocycles. The Bertz CT molecular complexity index is 678. The van der Waals surface area contributed by atoms with Gasteiger partial charge in [-0.2, -0.15) is 5.10 Å². The van der Waals surface area contributed by atoms with E-state index in [4.69, 9.17) is 0 Å². The van der Waals surface area contributed by atoms with Gasteiger partial charge in [0.05, 0.1) is 29.3 Å². The molecule has 0 aliphatic carbocycles. The van der Waals surface area contributed by atoms with Crippen molar-refractivity contribution in [3.63, 3.8) is 0 Å². The second-order valence-corrected chi connectivity index (χ2v) is 4.62. The van der Waals surface area contributed by atoms with Crippen molar-refractivity contribution in [3.8, 4) is 5.69 Å². The molecule has 0 spiro atoms. The first-order chi connectivity index (χ1) is 10.4. The normalized spacial score (nSPS) is 12.2. The molecule has 0 saturated carbocycles. The van der Waals surface area contributed by atoms with Crippen molar-refractivity contribution < 1.29 is 0 Å². The summed E-state index contributed by atoms with van der Waals surface area (Å²) in [6, 6.07) is 12.1. The first-order valence-electron chi connectivity index (χ1n) is 6.99. The zero-order valence-corrected chi connectivity index (χ0v) is 11.8. The Morgan fingerprint density at radius 1 is 1.10 bits per heavy atom. The van der Waals surface area contributed by atoms with E-state index in [0.717, 1.165) is 23.6 Å². The highest BCUT2D eigenvalue weighted by Gasteiger charge is 2.19. The summed E-state index contributed by atoms with van der Waals surface area (Å²) in [6.07, 6.45) is 6.99. The Morgan fingerprint density at radius 3 is 2.67 bits per heavy atom. The lowest BCUT2D eigenvalue weighted by atomic mass is 10.1. The third-order valence-electron chi connectivity index (χ3n) is 3.26. The van der Waals surface area contributed by atoms with E-state index in [0.29, 0.717) is 0 Å². The van der Waals surface area contributed by atoms with Crippen LogP contribution in [0.3, 0.4) is 0 Å². The Kier molecular flexibility index (Phi) is 4.02. The molecule has 3 rings (SSSR count). The first kappa shape index (κ1) is 13.5. The molecular weight excluding hydrogens is 262 g/mol. The second-order valence-electron chi connectivity index (χ2n) is 4.62. The number of hydrogen-bond acceptors (Lipinski definition) is 4. The van der Waals surface area contributed by atoms with E-state index in [1.807, 2.05) is 47.3 Å². The molecule has 0 aliphatic rings. The van der Waals surface area contributed by atoms with Gasteiger partial charge in [-0.3, -0.25) is 9.97 Å². The third-order valence-corrected chi connectivity index (χ3v) is 3.26. The van der Waals surface area contributed by atoms with Crippen molar-refractivity contribution in [1.29, 1.82) is 0 Å². The average molecular weight is 279 g/mol. The second kappa shape index (κ2) is 6.28. The summed E-state index contributed by atoms with van der Waals surface area (Å²) in [4.78, 5) is 8.59. The highest BCUT2D eigenvalue weighted by molar-refractivity contribution is 5.34. The van der Waals surface area contributed by atoms with Crippen LogP contribution < -0.4 is 5.32 Å². The number of rotatable bonds is 5. The monoisotopic (exact) mass is 279 g/mol. The van der Waals surface area contributed by atoms with E-state index in [1.54, 1.807) is 18.6 Å². The lowest BCUT2D eigenvalue weighted by Gasteiger charge is -2.18. The summed E-state index contributed by atoms with van der Waals surface area (Å²) in [5.41, 5.74) is 2.96. The van der Waals surface area contributed by atoms with Crippen LogP contribution in [0, 0.1) is 0 Å². The molecule has 1 unspecified atom stereocenters. The van der Waals surface area contributed by atoms with Crippen LogP contribution in [0.4, 0.5) is 0 Å². The topological polar surface area (TPSA) is 55.6 Å². The van der Waals surface area contributed by atoms with Crippen LogP contribution in [0.1, 0.15) is 24.4 Å². The van der Waals surface area contributed by atoms with Crippen molar-refractivity contribution >= 4 is 0 Å². The minimum absolute atomic E-state index is 0.0357. The molecule has 5 nitrogen and oxygen atoms in total. The average Bonchev–Trinajstić information content (AvgIpc) is 3.03. The number of aromatic nitrogens is 4. The van der Waals surface area contributed by atoms with E-state index in [2.05, 4.69) is 27.3 Å². The molecular formula is C16H17N5. The number of nitrogens with one attached hydrogen (secondary N) is 1. The van der Waals surface area contributed by atoms with Gasteiger partial charge in [0.2, 0.25) is 0 Å². The van der Waals surface area contributed by atoms with Gasteiger partial charge in [0.25, 0.3) is 0 Å². The summed E-state index contributed by atoms with van der Waals surface area (Å²) in [7, 11) is 0. The lowest BCUT2D eigenvalue weighted by molar-refractivity contribution is 0.579. The fourth-order valence-electron chi connectivity index (χ4n) is 2.34. The van der Waals surface area contributed by atoms with Crippen LogP contribution in [0.15, 0.2) is 61.2 Å². The van der Waals surface area contributed by atoms with Crippen molar-refractivity contribution in [1.82, 2.24) is 25.1 Å². The summed E-state index contributed by atoms with van der Waals surface area (Å²) in [6.45, 7) is 2.91. The van der Waals surface area contributed by atoms with E-state index in [9.17, 15) is 0 Å². The van der Waals surface area contributed by atoms with Gasteiger partial charge >= 0.3 is 0 Å². The molecule has 1 aromatic carbocycles. The van der Waals surface area contributed by atoms with Crippen LogP contribution in [-0.2, 0) is 0 Å². The largest absolute Gasteiger partial charge is 0.304 e. The third kappa shape index (κ3) is 2.83. The highest BCUT2D eigenvalue weighted by Crippen LogP contribution is 2.22. The van der Waals surface area contributed by atoms with Gasteiger partial charge in [-0.05, 0) is 24.7 Å². The number of nitrogens with zero attached hydrogens (tertiary/aromatic N) is 4. The number of hydrogen-bond donors (Lipinski definition) is 1. The molecule has 1 N–H and O–H groups in total. The van der Waals surface area contributed by atoms with Crippen LogP contribution in [0.2, 0.25) is 0 Å². The lowest BCUT2D eigenvalue weighted by Crippen LogP contribution is -2.25. The minimum Gasteiger partial charge on any atom is -0.304 e. The van der Waals surface area contributed by atoms with E-state index in [1.165, 1.54) is 0 Å². The van der Waals surface area contributed by atoms with Gasteiger partial charge in [-0.25, -0.2) is 4.68 Å². The van der Waals surface area contributed by atoms with Crippen molar-refractivity contribution in [2.24, 2.45) is 0 Å². The maximum Gasteiger partial charge on any atom is 0.0942 e. The molecule has 21 heavy (non-hydrogen) atoms. The van der Waals surface area contributed by atoms with Crippen molar-refractivity contribution in [2.45, 2.75) is 13.0 Å². The number of para-hydroxylation sites is 1. The Labute approximate surface area is 123 Å². The molecule has 1 atom stereocenters. The van der Waals surface area contributed by atoms with Crippen LogP contribution in [-0.4, -0.2) is 26.3 Å². The summed E-state index contributed by atoms with van der Waals surface area (Å²) in [5.74, 6) is 0. The fraction of sp³-hybridized carbons (Fsp3) is 0.188. The SMILES string of the molecule is CCNC(c1cnccn1)c1ccnn1-c1ccccc1. The maximum atomic E-state index is 4.44. The highest BCUT2D eigenvalue weighted by atomic mass is 15.3. The first-order valence-corrected chi connectivity index (χ1v) is 6.99. The predicted molar refractivity (Wildman–Crippen MR) is 81.1 cm³/mol. The molecule has 0 bridgehead atoms. The Balaban J connectivity index is 2.04. The molecule has 2 heterocycles. The summed E-state index contributed by atoms with van der Waals surface area (Å²) < 4.78 is 1.93. The summed E-state index contributed by atoms with van der Waals surface area (Å²) >= 11 is 0. The van der Waals surface area contributed by atoms with E-state index < -0.39 is 0 Å². The number of benzene rings is 1. The zero-order chi connectivity index (χ0) is 14.5. The van der Waals surface area contributed by atoms with Crippen molar-refractivity contribution in [3.05, 3.63) is 72.6 Å². The van der Waals surface area contributed by atoms with Gasteiger partial charge in [0.15, 0.2) is 0 Å². The molecule has 0 radical (unpaired) electrons. The standard InChI is InChI=1S/C16H17N5/c1-2-18-16(14-12-17-10-11-19-14)15-8-9-20-21(15)13-6-4-3-5-7-13/h3-12,16,18H,2H2,1H3. The zero-order valence-electron chi connectivity index (χ0n) is 11.8. The van der Waals surface area contributed by atoms with Gasteiger partial charge in [0, 0.05) is 18.6 Å². The maximum absolute atomic E-state index is 4.44. The van der Waals surface area contributed by atoms with E-state index >= 15 is 0 Å². The van der Waals surface area contributed by atoms with Gasteiger partial charge in [-0.1, -0.05) is 25.1 Å².